The molecule has 0 aliphatic heterocycles. The van der Waals surface area contributed by atoms with Gasteiger partial charge in [-0.25, -0.2) is 0 Å². The van der Waals surface area contributed by atoms with Crippen molar-refractivity contribution in [2.45, 2.75) is 20.0 Å². The molecule has 0 amide bonds. The number of nitrogen functional groups attached to an aromatic ring is 1. The minimum absolute atomic E-state index is 0.0845. The predicted octanol–water partition coefficient (Wildman–Crippen LogP) is 3.44. The highest BCUT2D eigenvalue weighted by atomic mass is 16.5. The molecular weight excluding hydrogens is 238 g/mol. The normalized spacial score (nSPS) is 10.2. The van der Waals surface area contributed by atoms with Gasteiger partial charge in [-0.3, -0.25) is 4.79 Å². The smallest absolute Gasteiger partial charge is 0.162 e. The maximum Gasteiger partial charge on any atom is 0.162 e. The number of carbonyl (C=O) groups excluding carboxylic acids is 1. The first-order chi connectivity index (χ1) is 9.20. The summed E-state index contributed by atoms with van der Waals surface area (Å²) in [5.41, 5.74) is 8.11. The van der Waals surface area contributed by atoms with Crippen LogP contribution in [0.5, 0.6) is 5.75 Å². The van der Waals surface area contributed by atoms with Crippen LogP contribution in [0.4, 0.5) is 5.69 Å². The highest BCUT2D eigenvalue weighted by molar-refractivity contribution is 5.97. The summed E-state index contributed by atoms with van der Waals surface area (Å²) >= 11 is 0. The fourth-order valence-electron chi connectivity index (χ4n) is 1.79. The van der Waals surface area contributed by atoms with Crippen LogP contribution in [0.2, 0.25) is 0 Å². The lowest BCUT2D eigenvalue weighted by molar-refractivity contribution is 0.0988. The summed E-state index contributed by atoms with van der Waals surface area (Å²) in [5.74, 6) is 0.692. The quantitative estimate of drug-likeness (QED) is 0.657. The molecule has 0 aliphatic carbocycles. The average molecular weight is 255 g/mol. The van der Waals surface area contributed by atoms with Gasteiger partial charge in [0, 0.05) is 12.0 Å². The van der Waals surface area contributed by atoms with Gasteiger partial charge < -0.3 is 10.5 Å². The molecule has 2 aromatic carbocycles. The molecule has 0 atom stereocenters. The zero-order chi connectivity index (χ0) is 13.7. The SMILES string of the molecule is CCC(=O)c1ccc(OCc2ccccc2)c(N)c1. The Morgan fingerprint density at radius 2 is 1.89 bits per heavy atom. The van der Waals surface area contributed by atoms with Gasteiger partial charge in [-0.15, -0.1) is 0 Å². The standard InChI is InChI=1S/C16H17NO2/c1-2-15(18)13-8-9-16(14(17)10-13)19-11-12-6-4-3-5-7-12/h3-10H,2,11,17H2,1H3. The van der Waals surface area contributed by atoms with Gasteiger partial charge in [-0.05, 0) is 23.8 Å². The molecule has 0 bridgehead atoms. The van der Waals surface area contributed by atoms with Crippen molar-refractivity contribution in [1.29, 1.82) is 0 Å². The predicted molar refractivity (Wildman–Crippen MR) is 76.2 cm³/mol. The molecule has 2 rings (SSSR count). The second-order valence-corrected chi connectivity index (χ2v) is 4.30. The first-order valence-corrected chi connectivity index (χ1v) is 6.30. The Hall–Kier alpha value is -2.29. The molecule has 0 unspecified atom stereocenters. The Kier molecular flexibility index (Phi) is 4.18. The van der Waals surface area contributed by atoms with Crippen molar-refractivity contribution in [3.05, 3.63) is 59.7 Å². The molecule has 0 saturated heterocycles. The second kappa shape index (κ2) is 6.05. The molecule has 0 heterocycles. The molecule has 0 aromatic heterocycles. The molecule has 0 fully saturated rings. The maximum atomic E-state index is 11.6. The Labute approximate surface area is 113 Å². The third-order valence-electron chi connectivity index (χ3n) is 2.89. The molecule has 3 nitrogen and oxygen atoms in total. The maximum absolute atomic E-state index is 11.6. The minimum atomic E-state index is 0.0845. The lowest BCUT2D eigenvalue weighted by atomic mass is 10.1. The number of anilines is 1. The van der Waals surface area contributed by atoms with E-state index in [1.807, 2.05) is 37.3 Å². The van der Waals surface area contributed by atoms with Gasteiger partial charge in [-0.1, -0.05) is 37.3 Å². The fraction of sp³-hybridized carbons (Fsp3) is 0.188. The topological polar surface area (TPSA) is 52.3 Å². The number of benzene rings is 2. The summed E-state index contributed by atoms with van der Waals surface area (Å²) in [7, 11) is 0. The Morgan fingerprint density at radius 3 is 2.53 bits per heavy atom. The van der Waals surface area contributed by atoms with Crippen LogP contribution in [0.1, 0.15) is 29.3 Å². The highest BCUT2D eigenvalue weighted by Gasteiger charge is 2.07. The van der Waals surface area contributed by atoms with Crippen LogP contribution in [-0.2, 0) is 6.61 Å². The Balaban J connectivity index is 2.07. The number of carbonyl (C=O) groups is 1. The molecule has 3 heteroatoms. The van der Waals surface area contributed by atoms with E-state index in [4.69, 9.17) is 10.5 Å². The van der Waals surface area contributed by atoms with Crippen LogP contribution in [0.3, 0.4) is 0 Å². The van der Waals surface area contributed by atoms with Crippen LogP contribution in [-0.4, -0.2) is 5.78 Å². The number of rotatable bonds is 5. The Morgan fingerprint density at radius 1 is 1.16 bits per heavy atom. The number of Topliss-reactive ketones (excluding diaryl/α,β-unsaturated/α-hetero) is 1. The lowest BCUT2D eigenvalue weighted by Crippen LogP contribution is -2.02. The average Bonchev–Trinajstić information content (AvgIpc) is 2.46. The van der Waals surface area contributed by atoms with E-state index in [9.17, 15) is 4.79 Å². The lowest BCUT2D eigenvalue weighted by Gasteiger charge is -2.10. The zero-order valence-electron chi connectivity index (χ0n) is 10.9. The molecule has 0 spiro atoms. The van der Waals surface area contributed by atoms with Gasteiger partial charge in [0.15, 0.2) is 5.78 Å². The number of nitrogens with two attached hydrogens (primary N) is 1. The monoisotopic (exact) mass is 255 g/mol. The number of hydrogen-bond donors (Lipinski definition) is 1. The molecule has 0 radical (unpaired) electrons. The summed E-state index contributed by atoms with van der Waals surface area (Å²) in [6.45, 7) is 2.30. The van der Waals surface area contributed by atoms with Crippen LogP contribution in [0.15, 0.2) is 48.5 Å². The summed E-state index contributed by atoms with van der Waals surface area (Å²) in [4.78, 5) is 11.6. The van der Waals surface area contributed by atoms with Crippen LogP contribution >= 0.6 is 0 Å². The molecule has 0 saturated carbocycles. The van der Waals surface area contributed by atoms with Crippen molar-refractivity contribution >= 4 is 11.5 Å². The second-order valence-electron chi connectivity index (χ2n) is 4.30. The fourth-order valence-corrected chi connectivity index (χ4v) is 1.79. The van der Waals surface area contributed by atoms with Gasteiger partial charge in [0.25, 0.3) is 0 Å². The van der Waals surface area contributed by atoms with Crippen LogP contribution in [0, 0.1) is 0 Å². The number of hydrogen-bond acceptors (Lipinski definition) is 3. The third kappa shape index (κ3) is 3.35. The van der Waals surface area contributed by atoms with E-state index in [-0.39, 0.29) is 5.78 Å². The summed E-state index contributed by atoms with van der Waals surface area (Å²) in [5, 5.41) is 0. The van der Waals surface area contributed by atoms with Crippen molar-refractivity contribution in [3.63, 3.8) is 0 Å². The molecule has 2 N–H and O–H groups in total. The molecule has 98 valence electrons. The minimum Gasteiger partial charge on any atom is -0.487 e. The summed E-state index contributed by atoms with van der Waals surface area (Å²) in [6.07, 6.45) is 0.476. The Bertz CT molecular complexity index is 564. The third-order valence-corrected chi connectivity index (χ3v) is 2.89. The van der Waals surface area contributed by atoms with Crippen molar-refractivity contribution in [2.75, 3.05) is 5.73 Å². The van der Waals surface area contributed by atoms with E-state index < -0.39 is 0 Å². The summed E-state index contributed by atoms with van der Waals surface area (Å²) in [6, 6.07) is 15.0. The van der Waals surface area contributed by atoms with Crippen molar-refractivity contribution < 1.29 is 9.53 Å². The van der Waals surface area contributed by atoms with E-state index in [1.54, 1.807) is 18.2 Å². The van der Waals surface area contributed by atoms with Crippen molar-refractivity contribution in [3.8, 4) is 5.75 Å². The van der Waals surface area contributed by atoms with E-state index in [2.05, 4.69) is 0 Å². The van der Waals surface area contributed by atoms with Gasteiger partial charge in [-0.2, -0.15) is 0 Å². The van der Waals surface area contributed by atoms with Crippen LogP contribution in [0.25, 0.3) is 0 Å². The summed E-state index contributed by atoms with van der Waals surface area (Å²) < 4.78 is 5.65. The van der Waals surface area contributed by atoms with Crippen molar-refractivity contribution in [2.24, 2.45) is 0 Å². The largest absolute Gasteiger partial charge is 0.487 e. The molecule has 0 aliphatic rings. The number of ether oxygens (including phenoxy) is 1. The van der Waals surface area contributed by atoms with E-state index in [0.29, 0.717) is 30.0 Å². The van der Waals surface area contributed by atoms with E-state index >= 15 is 0 Å². The van der Waals surface area contributed by atoms with Gasteiger partial charge in [0.05, 0.1) is 5.69 Å². The first-order valence-electron chi connectivity index (χ1n) is 6.30. The van der Waals surface area contributed by atoms with Gasteiger partial charge in [0.1, 0.15) is 12.4 Å². The van der Waals surface area contributed by atoms with Crippen LogP contribution < -0.4 is 10.5 Å². The van der Waals surface area contributed by atoms with Gasteiger partial charge >= 0.3 is 0 Å². The van der Waals surface area contributed by atoms with Crippen molar-refractivity contribution in [1.82, 2.24) is 0 Å². The number of ketones is 1. The van der Waals surface area contributed by atoms with E-state index in [0.717, 1.165) is 5.56 Å². The molecular formula is C16H17NO2. The van der Waals surface area contributed by atoms with Gasteiger partial charge in [0.2, 0.25) is 0 Å². The molecule has 2 aromatic rings. The highest BCUT2D eigenvalue weighted by Crippen LogP contribution is 2.24. The molecule has 19 heavy (non-hydrogen) atoms. The first kappa shape index (κ1) is 13.1. The zero-order valence-corrected chi connectivity index (χ0v) is 10.9. The van der Waals surface area contributed by atoms with E-state index in [1.165, 1.54) is 0 Å².